The van der Waals surface area contributed by atoms with Gasteiger partial charge in [0.05, 0.1) is 30.6 Å². The molecule has 3 aromatic rings. The van der Waals surface area contributed by atoms with E-state index in [0.717, 1.165) is 36.5 Å². The van der Waals surface area contributed by atoms with Crippen LogP contribution in [0, 0.1) is 11.3 Å². The van der Waals surface area contributed by atoms with E-state index in [-0.39, 0.29) is 0 Å². The minimum absolute atomic E-state index is 0.414. The smallest absolute Gasteiger partial charge is 0.163 e. The quantitative estimate of drug-likeness (QED) is 0.796. The number of nitrogens with zero attached hydrogens (tertiary/aromatic N) is 6. The van der Waals surface area contributed by atoms with Gasteiger partial charge >= 0.3 is 0 Å². The Morgan fingerprint density at radius 3 is 3.08 bits per heavy atom. The largest absolute Gasteiger partial charge is 0.383 e. The van der Waals surface area contributed by atoms with Gasteiger partial charge in [-0.2, -0.15) is 10.4 Å². The Hall–Kier alpha value is -3.14. The molecule has 1 aliphatic rings. The van der Waals surface area contributed by atoms with Crippen molar-refractivity contribution in [1.82, 2.24) is 19.7 Å². The van der Waals surface area contributed by atoms with Gasteiger partial charge in [-0.15, -0.1) is 0 Å². The normalized spacial score (nSPS) is 13.9. The van der Waals surface area contributed by atoms with E-state index in [2.05, 4.69) is 49.6 Å². The number of rotatable bonds is 3. The van der Waals surface area contributed by atoms with Crippen molar-refractivity contribution >= 4 is 22.5 Å². The molecule has 0 aliphatic carbocycles. The summed E-state index contributed by atoms with van der Waals surface area (Å²) < 4.78 is 1.77. The van der Waals surface area contributed by atoms with Crippen molar-refractivity contribution in [3.63, 3.8) is 0 Å². The number of benzene rings is 1. The second kappa shape index (κ2) is 6.16. The summed E-state index contributed by atoms with van der Waals surface area (Å²) in [6.45, 7) is 3.04. The molecule has 24 heavy (non-hydrogen) atoms. The third kappa shape index (κ3) is 2.52. The highest BCUT2D eigenvalue weighted by Gasteiger charge is 2.19. The minimum Gasteiger partial charge on any atom is -0.383 e. The van der Waals surface area contributed by atoms with Crippen molar-refractivity contribution in [2.45, 2.75) is 19.5 Å². The van der Waals surface area contributed by atoms with Crippen LogP contribution in [0.2, 0.25) is 0 Å². The Balaban J connectivity index is 1.71. The van der Waals surface area contributed by atoms with Gasteiger partial charge < -0.3 is 10.2 Å². The zero-order valence-electron chi connectivity index (χ0n) is 13.2. The number of aromatic nitrogens is 4. The van der Waals surface area contributed by atoms with Crippen molar-refractivity contribution in [3.8, 4) is 6.07 Å². The van der Waals surface area contributed by atoms with Gasteiger partial charge in [0.25, 0.3) is 0 Å². The number of nitriles is 1. The topological polar surface area (TPSA) is 82.7 Å². The van der Waals surface area contributed by atoms with Crippen LogP contribution in [0.4, 0.5) is 11.5 Å². The summed E-state index contributed by atoms with van der Waals surface area (Å²) in [5.74, 6) is 0.890. The van der Waals surface area contributed by atoms with Crippen LogP contribution in [0.25, 0.3) is 11.0 Å². The lowest BCUT2D eigenvalue weighted by Gasteiger charge is -2.21. The van der Waals surface area contributed by atoms with Crippen molar-refractivity contribution < 1.29 is 0 Å². The lowest BCUT2D eigenvalue weighted by atomic mass is 10.1. The average molecular weight is 319 g/mol. The van der Waals surface area contributed by atoms with Crippen LogP contribution in [0.1, 0.15) is 12.0 Å². The summed E-state index contributed by atoms with van der Waals surface area (Å²) in [5, 5.41) is 17.5. The molecule has 0 fully saturated rings. The van der Waals surface area contributed by atoms with Crippen molar-refractivity contribution in [3.05, 3.63) is 42.4 Å². The van der Waals surface area contributed by atoms with E-state index in [4.69, 9.17) is 5.26 Å². The van der Waals surface area contributed by atoms with Crippen LogP contribution in [-0.4, -0.2) is 32.8 Å². The van der Waals surface area contributed by atoms with Crippen LogP contribution in [0.3, 0.4) is 0 Å². The molecule has 7 heteroatoms. The maximum atomic E-state index is 8.78. The van der Waals surface area contributed by atoms with Crippen molar-refractivity contribution in [2.24, 2.45) is 0 Å². The number of nitrogens with one attached hydrogen (secondary N) is 1. The highest BCUT2D eigenvalue weighted by Crippen LogP contribution is 2.27. The first kappa shape index (κ1) is 14.5. The summed E-state index contributed by atoms with van der Waals surface area (Å²) in [6, 6.07) is 10.5. The molecular formula is C17H17N7. The summed E-state index contributed by atoms with van der Waals surface area (Å²) in [4.78, 5) is 11.1. The molecule has 1 aromatic carbocycles. The van der Waals surface area contributed by atoms with E-state index in [9.17, 15) is 0 Å². The molecule has 2 aromatic heterocycles. The molecule has 0 saturated heterocycles. The molecule has 0 radical (unpaired) electrons. The predicted octanol–water partition coefficient (Wildman–Crippen LogP) is 2.17. The van der Waals surface area contributed by atoms with Gasteiger partial charge in [0.1, 0.15) is 12.1 Å². The van der Waals surface area contributed by atoms with E-state index in [0.29, 0.717) is 13.0 Å². The number of para-hydroxylation sites is 1. The lowest BCUT2D eigenvalue weighted by Crippen LogP contribution is -2.26. The zero-order chi connectivity index (χ0) is 16.4. The minimum atomic E-state index is 0.414. The first-order valence-corrected chi connectivity index (χ1v) is 7.97. The first-order valence-electron chi connectivity index (χ1n) is 7.97. The van der Waals surface area contributed by atoms with Crippen molar-refractivity contribution in [1.29, 1.82) is 5.26 Å². The maximum absolute atomic E-state index is 8.78. The summed E-state index contributed by atoms with van der Waals surface area (Å²) in [6.07, 6.45) is 3.79. The molecule has 0 amide bonds. The Labute approximate surface area is 139 Å². The van der Waals surface area contributed by atoms with Crippen LogP contribution in [-0.2, 0) is 13.1 Å². The van der Waals surface area contributed by atoms with E-state index in [1.54, 1.807) is 17.2 Å². The molecule has 0 bridgehead atoms. The van der Waals surface area contributed by atoms with Gasteiger partial charge in [0.2, 0.25) is 0 Å². The second-order valence-electron chi connectivity index (χ2n) is 5.72. The summed E-state index contributed by atoms with van der Waals surface area (Å²) >= 11 is 0. The van der Waals surface area contributed by atoms with Crippen LogP contribution in [0.15, 0.2) is 36.8 Å². The zero-order valence-corrected chi connectivity index (χ0v) is 13.2. The molecule has 3 heterocycles. The Kier molecular flexibility index (Phi) is 3.71. The molecule has 0 spiro atoms. The highest BCUT2D eigenvalue weighted by atomic mass is 15.3. The summed E-state index contributed by atoms with van der Waals surface area (Å²) in [5.41, 5.74) is 3.20. The maximum Gasteiger partial charge on any atom is 0.163 e. The van der Waals surface area contributed by atoms with Gasteiger partial charge in [-0.05, 0) is 11.6 Å². The first-order chi connectivity index (χ1) is 11.9. The number of hydrogen-bond acceptors (Lipinski definition) is 6. The molecule has 0 unspecified atom stereocenters. The number of hydrogen-bond donors (Lipinski definition) is 1. The molecule has 4 rings (SSSR count). The third-order valence-corrected chi connectivity index (χ3v) is 4.22. The number of aryl methyl sites for hydroxylation is 1. The molecule has 0 atom stereocenters. The predicted molar refractivity (Wildman–Crippen MR) is 91.5 cm³/mol. The van der Waals surface area contributed by atoms with Gasteiger partial charge in [-0.25, -0.2) is 14.6 Å². The highest BCUT2D eigenvalue weighted by molar-refractivity contribution is 5.86. The molecule has 7 nitrogen and oxygen atoms in total. The molecule has 1 aliphatic heterocycles. The fraction of sp³-hybridized carbons (Fsp3) is 0.294. The third-order valence-electron chi connectivity index (χ3n) is 4.22. The molecule has 1 N–H and O–H groups in total. The Morgan fingerprint density at radius 1 is 1.25 bits per heavy atom. The standard InChI is InChI=1S/C17H17N7/c18-6-3-8-24-17-14(10-22-24)16(20-12-21-17)23-9-7-19-15-5-2-1-4-13(15)11-23/h1-2,4-5,10,12,19H,3,7-9,11H2. The fourth-order valence-corrected chi connectivity index (χ4v) is 3.07. The van der Waals surface area contributed by atoms with E-state index < -0.39 is 0 Å². The van der Waals surface area contributed by atoms with Crippen LogP contribution >= 0.6 is 0 Å². The lowest BCUT2D eigenvalue weighted by molar-refractivity contribution is 0.643. The monoisotopic (exact) mass is 319 g/mol. The molecule has 0 saturated carbocycles. The molecule has 120 valence electrons. The summed E-state index contributed by atoms with van der Waals surface area (Å²) in [7, 11) is 0. The number of fused-ring (bicyclic) bond motifs is 2. The Bertz CT molecular complexity index is 909. The SMILES string of the molecule is N#CCCn1ncc2c(N3CCNc4ccccc4C3)ncnc21. The van der Waals surface area contributed by atoms with E-state index in [1.165, 1.54) is 11.3 Å². The number of anilines is 2. The van der Waals surface area contributed by atoms with Gasteiger partial charge in [0, 0.05) is 25.3 Å². The van der Waals surface area contributed by atoms with Gasteiger partial charge in [-0.3, -0.25) is 0 Å². The van der Waals surface area contributed by atoms with Gasteiger partial charge in [0.15, 0.2) is 5.65 Å². The average Bonchev–Trinajstić information content (AvgIpc) is 2.91. The van der Waals surface area contributed by atoms with E-state index >= 15 is 0 Å². The Morgan fingerprint density at radius 2 is 2.17 bits per heavy atom. The van der Waals surface area contributed by atoms with Crippen LogP contribution in [0.5, 0.6) is 0 Å². The van der Waals surface area contributed by atoms with E-state index in [1.807, 2.05) is 6.07 Å². The second-order valence-corrected chi connectivity index (χ2v) is 5.72. The van der Waals surface area contributed by atoms with Crippen LogP contribution < -0.4 is 10.2 Å². The van der Waals surface area contributed by atoms with Gasteiger partial charge in [-0.1, -0.05) is 18.2 Å². The van der Waals surface area contributed by atoms with Crippen molar-refractivity contribution in [2.75, 3.05) is 23.3 Å². The fourth-order valence-electron chi connectivity index (χ4n) is 3.07. The molecular weight excluding hydrogens is 302 g/mol.